The fraction of sp³-hybridized carbons (Fsp3) is 0.929. The Balaban J connectivity index is 2.67. The summed E-state index contributed by atoms with van der Waals surface area (Å²) in [6.45, 7) is 10.3. The van der Waals surface area contributed by atoms with Gasteiger partial charge < -0.3 is 4.90 Å². The first-order valence-corrected chi connectivity index (χ1v) is 8.33. The molecule has 0 aromatic rings. The number of nitrogens with zero attached hydrogens (tertiary/aromatic N) is 1. The number of hydrogen-bond acceptors (Lipinski definition) is 3. The SMILES string of the molecule is CCC(C)C1NCN(CC(CC)(CC)SC)C1=O. The Morgan fingerprint density at radius 1 is 1.44 bits per heavy atom. The summed E-state index contributed by atoms with van der Waals surface area (Å²) in [4.78, 5) is 14.4. The van der Waals surface area contributed by atoms with Gasteiger partial charge in [0.15, 0.2) is 0 Å². The lowest BCUT2D eigenvalue weighted by Gasteiger charge is -2.34. The highest BCUT2D eigenvalue weighted by atomic mass is 32.2. The summed E-state index contributed by atoms with van der Waals surface area (Å²) in [7, 11) is 0. The second-order valence-electron chi connectivity index (χ2n) is 5.36. The Bertz CT molecular complexity index is 271. The molecular formula is C14H28N2OS. The fourth-order valence-corrected chi connectivity index (χ4v) is 3.42. The largest absolute Gasteiger partial charge is 0.327 e. The third kappa shape index (κ3) is 3.21. The van der Waals surface area contributed by atoms with Gasteiger partial charge in [0.05, 0.1) is 12.7 Å². The molecular weight excluding hydrogens is 244 g/mol. The first-order valence-electron chi connectivity index (χ1n) is 7.10. The van der Waals surface area contributed by atoms with E-state index in [1.807, 2.05) is 16.7 Å². The number of carbonyl (C=O) groups excluding carboxylic acids is 1. The lowest BCUT2D eigenvalue weighted by molar-refractivity contribution is -0.130. The second kappa shape index (κ2) is 6.80. The van der Waals surface area contributed by atoms with Crippen LogP contribution in [0.25, 0.3) is 0 Å². The van der Waals surface area contributed by atoms with Gasteiger partial charge in [0.2, 0.25) is 5.91 Å². The van der Waals surface area contributed by atoms with E-state index in [1.165, 1.54) is 0 Å². The molecule has 1 saturated heterocycles. The molecule has 4 heteroatoms. The normalized spacial score (nSPS) is 22.6. The molecule has 0 spiro atoms. The van der Waals surface area contributed by atoms with E-state index in [2.05, 4.69) is 39.3 Å². The number of rotatable bonds is 7. The summed E-state index contributed by atoms with van der Waals surface area (Å²) < 4.78 is 0.224. The number of carbonyl (C=O) groups is 1. The maximum Gasteiger partial charge on any atom is 0.241 e. The predicted molar refractivity (Wildman–Crippen MR) is 79.8 cm³/mol. The standard InChI is InChI=1S/C14H28N2OS/c1-6-11(4)12-13(17)16(10-15-12)9-14(7-2,8-3)18-5/h11-12,15H,6-10H2,1-5H3. The number of nitrogens with one attached hydrogen (secondary N) is 1. The molecule has 0 aromatic heterocycles. The zero-order chi connectivity index (χ0) is 13.8. The van der Waals surface area contributed by atoms with E-state index in [1.54, 1.807) is 0 Å². The van der Waals surface area contributed by atoms with Crippen molar-refractivity contribution in [1.29, 1.82) is 0 Å². The average Bonchev–Trinajstić information content (AvgIpc) is 2.76. The molecule has 0 aliphatic carbocycles. The summed E-state index contributed by atoms with van der Waals surface area (Å²) in [5.41, 5.74) is 0. The van der Waals surface area contributed by atoms with Crippen LogP contribution in [0.2, 0.25) is 0 Å². The van der Waals surface area contributed by atoms with Crippen molar-refractivity contribution in [3.8, 4) is 0 Å². The summed E-state index contributed by atoms with van der Waals surface area (Å²) in [5, 5.41) is 3.37. The van der Waals surface area contributed by atoms with Crippen LogP contribution in [0, 0.1) is 5.92 Å². The minimum Gasteiger partial charge on any atom is -0.327 e. The number of amides is 1. The predicted octanol–water partition coefficient (Wildman–Crippen LogP) is 2.71. The van der Waals surface area contributed by atoms with Crippen molar-refractivity contribution in [3.05, 3.63) is 0 Å². The third-order valence-electron chi connectivity index (χ3n) is 4.49. The lowest BCUT2D eigenvalue weighted by atomic mass is 9.98. The highest BCUT2D eigenvalue weighted by Gasteiger charge is 2.38. The lowest BCUT2D eigenvalue weighted by Crippen LogP contribution is -2.42. The Morgan fingerprint density at radius 2 is 2.06 bits per heavy atom. The molecule has 1 aliphatic rings. The topological polar surface area (TPSA) is 32.3 Å². The highest BCUT2D eigenvalue weighted by molar-refractivity contribution is 8.00. The van der Waals surface area contributed by atoms with E-state index >= 15 is 0 Å². The summed E-state index contributed by atoms with van der Waals surface area (Å²) in [5.74, 6) is 0.721. The van der Waals surface area contributed by atoms with Gasteiger partial charge in [-0.1, -0.05) is 34.1 Å². The van der Waals surface area contributed by atoms with Crippen LogP contribution in [0.1, 0.15) is 47.0 Å². The van der Waals surface area contributed by atoms with E-state index in [0.717, 1.165) is 32.5 Å². The quantitative estimate of drug-likeness (QED) is 0.773. The van der Waals surface area contributed by atoms with Crippen molar-refractivity contribution in [3.63, 3.8) is 0 Å². The number of thioether (sulfide) groups is 1. The molecule has 2 atom stereocenters. The van der Waals surface area contributed by atoms with Gasteiger partial charge in [-0.15, -0.1) is 0 Å². The van der Waals surface area contributed by atoms with Crippen LogP contribution in [-0.4, -0.2) is 41.1 Å². The Morgan fingerprint density at radius 3 is 2.50 bits per heavy atom. The van der Waals surface area contributed by atoms with Gasteiger partial charge in [0, 0.05) is 11.3 Å². The second-order valence-corrected chi connectivity index (χ2v) is 6.63. The molecule has 2 unspecified atom stereocenters. The minimum absolute atomic E-state index is 0.0308. The molecule has 1 amide bonds. The van der Waals surface area contributed by atoms with Crippen LogP contribution >= 0.6 is 11.8 Å². The fourth-order valence-electron chi connectivity index (χ4n) is 2.56. The van der Waals surface area contributed by atoms with E-state index in [-0.39, 0.29) is 10.8 Å². The molecule has 1 N–H and O–H groups in total. The van der Waals surface area contributed by atoms with Crippen molar-refractivity contribution >= 4 is 17.7 Å². The molecule has 0 aromatic carbocycles. The molecule has 106 valence electrons. The Kier molecular flexibility index (Phi) is 5.99. The van der Waals surface area contributed by atoms with Gasteiger partial charge >= 0.3 is 0 Å². The van der Waals surface area contributed by atoms with E-state index < -0.39 is 0 Å². The average molecular weight is 272 g/mol. The third-order valence-corrected chi connectivity index (χ3v) is 6.07. The number of hydrogen-bond donors (Lipinski definition) is 1. The monoisotopic (exact) mass is 272 g/mol. The van der Waals surface area contributed by atoms with Crippen molar-refractivity contribution in [1.82, 2.24) is 10.2 Å². The van der Waals surface area contributed by atoms with Crippen LogP contribution in [-0.2, 0) is 4.79 Å². The van der Waals surface area contributed by atoms with Crippen LogP contribution in [0.4, 0.5) is 0 Å². The van der Waals surface area contributed by atoms with Crippen molar-refractivity contribution in [2.45, 2.75) is 57.7 Å². The van der Waals surface area contributed by atoms with Crippen LogP contribution in [0.3, 0.4) is 0 Å². The van der Waals surface area contributed by atoms with Gasteiger partial charge in [-0.2, -0.15) is 11.8 Å². The summed E-state index contributed by atoms with van der Waals surface area (Å²) in [6, 6.07) is 0.0308. The van der Waals surface area contributed by atoms with Gasteiger partial charge in [-0.3, -0.25) is 10.1 Å². The van der Waals surface area contributed by atoms with Crippen LogP contribution in [0.5, 0.6) is 0 Å². The molecule has 0 bridgehead atoms. The summed E-state index contributed by atoms with van der Waals surface area (Å²) >= 11 is 1.90. The van der Waals surface area contributed by atoms with Crippen molar-refractivity contribution < 1.29 is 4.79 Å². The van der Waals surface area contributed by atoms with Crippen molar-refractivity contribution in [2.75, 3.05) is 19.5 Å². The maximum atomic E-state index is 12.4. The molecule has 18 heavy (non-hydrogen) atoms. The molecule has 1 heterocycles. The van der Waals surface area contributed by atoms with Gasteiger partial charge in [0.1, 0.15) is 0 Å². The highest BCUT2D eigenvalue weighted by Crippen LogP contribution is 2.32. The first kappa shape index (κ1) is 15.8. The zero-order valence-electron chi connectivity index (χ0n) is 12.5. The zero-order valence-corrected chi connectivity index (χ0v) is 13.3. The molecule has 1 fully saturated rings. The summed E-state index contributed by atoms with van der Waals surface area (Å²) in [6.07, 6.45) is 5.44. The van der Waals surface area contributed by atoms with E-state index in [4.69, 9.17) is 0 Å². The van der Waals surface area contributed by atoms with Gasteiger partial charge in [0.25, 0.3) is 0 Å². The van der Waals surface area contributed by atoms with Crippen LogP contribution in [0.15, 0.2) is 0 Å². The van der Waals surface area contributed by atoms with E-state index in [9.17, 15) is 4.79 Å². The van der Waals surface area contributed by atoms with Gasteiger partial charge in [-0.25, -0.2) is 0 Å². The molecule has 1 aliphatic heterocycles. The Labute approximate surface area is 116 Å². The molecule has 0 radical (unpaired) electrons. The molecule has 1 rings (SSSR count). The van der Waals surface area contributed by atoms with Crippen LogP contribution < -0.4 is 5.32 Å². The smallest absolute Gasteiger partial charge is 0.241 e. The minimum atomic E-state index is 0.0308. The first-order chi connectivity index (χ1) is 8.53. The maximum absolute atomic E-state index is 12.4. The Hall–Kier alpha value is -0.220. The molecule has 0 saturated carbocycles. The molecule has 3 nitrogen and oxygen atoms in total. The van der Waals surface area contributed by atoms with Crippen molar-refractivity contribution in [2.24, 2.45) is 5.92 Å². The van der Waals surface area contributed by atoms with E-state index in [0.29, 0.717) is 11.8 Å². The van der Waals surface area contributed by atoms with Gasteiger partial charge in [-0.05, 0) is 25.0 Å².